The van der Waals surface area contributed by atoms with Gasteiger partial charge < -0.3 is 20.1 Å². The fraction of sp³-hybridized carbons (Fsp3) is 0.344. The van der Waals surface area contributed by atoms with E-state index in [2.05, 4.69) is 15.6 Å². The van der Waals surface area contributed by atoms with Crippen molar-refractivity contribution in [3.8, 4) is 11.1 Å². The van der Waals surface area contributed by atoms with Crippen molar-refractivity contribution in [1.82, 2.24) is 15.6 Å². The molecule has 0 spiro atoms. The molecular weight excluding hydrogens is 583 g/mol. The van der Waals surface area contributed by atoms with Crippen LogP contribution in [0.1, 0.15) is 72.8 Å². The van der Waals surface area contributed by atoms with Gasteiger partial charge in [0.1, 0.15) is 5.60 Å². The highest BCUT2D eigenvalue weighted by Gasteiger charge is 2.31. The van der Waals surface area contributed by atoms with Crippen molar-refractivity contribution in [3.63, 3.8) is 0 Å². The first-order valence-corrected chi connectivity index (χ1v) is 14.1. The molecule has 0 radical (unpaired) electrons. The number of carbonyl (C=O) groups excluding carboxylic acids is 2. The predicted octanol–water partition coefficient (Wildman–Crippen LogP) is 7.74. The molecule has 228 valence electrons. The maximum Gasteiger partial charge on any atom is 0.416 e. The van der Waals surface area contributed by atoms with Gasteiger partial charge >= 0.3 is 12.3 Å². The van der Waals surface area contributed by atoms with Gasteiger partial charge in [-0.1, -0.05) is 35.9 Å². The fourth-order valence-electron chi connectivity index (χ4n) is 4.59. The van der Waals surface area contributed by atoms with Crippen molar-refractivity contribution in [2.24, 2.45) is 0 Å². The molecule has 0 bridgehead atoms. The van der Waals surface area contributed by atoms with Gasteiger partial charge in [0.15, 0.2) is 0 Å². The van der Waals surface area contributed by atoms with Crippen LogP contribution in [0.4, 0.5) is 18.0 Å². The first kappa shape index (κ1) is 32.0. The molecule has 3 aromatic rings. The zero-order valence-electron chi connectivity index (χ0n) is 24.3. The van der Waals surface area contributed by atoms with E-state index in [1.54, 1.807) is 58.2 Å². The van der Waals surface area contributed by atoms with Gasteiger partial charge in [-0.2, -0.15) is 13.2 Å². The summed E-state index contributed by atoms with van der Waals surface area (Å²) in [5, 5.41) is 5.77. The topological polar surface area (TPSA) is 89.5 Å². The van der Waals surface area contributed by atoms with Crippen LogP contribution in [0.2, 0.25) is 5.02 Å². The largest absolute Gasteiger partial charge is 0.444 e. The average Bonchev–Trinajstić information content (AvgIpc) is 2.95. The van der Waals surface area contributed by atoms with Gasteiger partial charge in [0, 0.05) is 24.0 Å². The van der Waals surface area contributed by atoms with Crippen LogP contribution in [0.25, 0.3) is 16.7 Å². The molecule has 2 heterocycles. The number of rotatable bonds is 7. The van der Waals surface area contributed by atoms with Crippen molar-refractivity contribution in [3.05, 3.63) is 93.8 Å². The van der Waals surface area contributed by atoms with E-state index in [1.165, 1.54) is 12.3 Å². The van der Waals surface area contributed by atoms with Crippen molar-refractivity contribution in [1.29, 1.82) is 0 Å². The summed E-state index contributed by atoms with van der Waals surface area (Å²) in [4.78, 5) is 29.5. The monoisotopic (exact) mass is 615 g/mol. The van der Waals surface area contributed by atoms with Crippen LogP contribution in [0.3, 0.4) is 0 Å². The summed E-state index contributed by atoms with van der Waals surface area (Å²) in [7, 11) is 0. The lowest BCUT2D eigenvalue weighted by molar-refractivity contribution is -0.137. The lowest BCUT2D eigenvalue weighted by Gasteiger charge is -2.21. The van der Waals surface area contributed by atoms with Gasteiger partial charge in [-0.3, -0.25) is 9.78 Å². The summed E-state index contributed by atoms with van der Waals surface area (Å²) >= 11 is 6.62. The van der Waals surface area contributed by atoms with Crippen molar-refractivity contribution < 1.29 is 32.2 Å². The van der Waals surface area contributed by atoms with E-state index in [-0.39, 0.29) is 23.0 Å². The quantitative estimate of drug-likeness (QED) is 0.284. The number of halogens is 4. The molecule has 2 N–H and O–H groups in total. The lowest BCUT2D eigenvalue weighted by Crippen LogP contribution is -2.32. The van der Waals surface area contributed by atoms with E-state index in [0.717, 1.165) is 29.7 Å². The number of alkyl halides is 3. The Morgan fingerprint density at radius 3 is 2.49 bits per heavy atom. The second kappa shape index (κ2) is 13.2. The van der Waals surface area contributed by atoms with Gasteiger partial charge in [0.2, 0.25) is 0 Å². The molecule has 4 rings (SSSR count). The van der Waals surface area contributed by atoms with Crippen molar-refractivity contribution in [2.75, 3.05) is 13.2 Å². The Balaban J connectivity index is 1.55. The summed E-state index contributed by atoms with van der Waals surface area (Å²) in [5.74, 6) is -0.344. The normalized spacial score (nSPS) is 14.5. The maximum atomic E-state index is 13.6. The zero-order chi connectivity index (χ0) is 31.4. The van der Waals surface area contributed by atoms with Crippen molar-refractivity contribution >= 4 is 29.2 Å². The van der Waals surface area contributed by atoms with Crippen LogP contribution >= 0.6 is 11.6 Å². The van der Waals surface area contributed by atoms with Gasteiger partial charge in [0.25, 0.3) is 5.91 Å². The Morgan fingerprint density at radius 2 is 1.84 bits per heavy atom. The molecule has 43 heavy (non-hydrogen) atoms. The molecule has 2 aromatic carbocycles. The van der Waals surface area contributed by atoms with Gasteiger partial charge in [-0.05, 0) is 91.8 Å². The van der Waals surface area contributed by atoms with Crippen LogP contribution in [0.15, 0.2) is 60.9 Å². The smallest absolute Gasteiger partial charge is 0.416 e. The molecule has 11 heteroatoms. The summed E-state index contributed by atoms with van der Waals surface area (Å²) in [6.45, 7) is 7.95. The number of amides is 2. The third-order valence-electron chi connectivity index (χ3n) is 6.72. The molecule has 1 atom stereocenters. The average molecular weight is 616 g/mol. The third-order valence-corrected chi connectivity index (χ3v) is 7.05. The van der Waals surface area contributed by atoms with E-state index >= 15 is 0 Å². The Morgan fingerprint density at radius 1 is 1.07 bits per heavy atom. The SMILES string of the molecule is C[C@@H](NC(=O)c1cncc(C2=CCOCC2)c1)c1ccc(-c2cc(C(F)(F)F)ccc2CNC(=O)OC(C)(C)C)cc1Cl. The number of aromatic nitrogens is 1. The minimum Gasteiger partial charge on any atom is -0.444 e. The number of carbonyl (C=O) groups is 2. The van der Waals surface area contributed by atoms with Gasteiger partial charge in [-0.15, -0.1) is 0 Å². The van der Waals surface area contributed by atoms with Crippen LogP contribution in [-0.2, 0) is 22.2 Å². The van der Waals surface area contributed by atoms with Crippen molar-refractivity contribution in [2.45, 2.75) is 58.5 Å². The Hall–Kier alpha value is -3.89. The number of hydrogen-bond acceptors (Lipinski definition) is 5. The number of benzene rings is 2. The maximum absolute atomic E-state index is 13.6. The summed E-state index contributed by atoms with van der Waals surface area (Å²) in [6.07, 6.45) is 0.628. The van der Waals surface area contributed by atoms with E-state index in [4.69, 9.17) is 21.1 Å². The highest BCUT2D eigenvalue weighted by Crippen LogP contribution is 2.36. The molecular formula is C32H33ClF3N3O4. The first-order chi connectivity index (χ1) is 20.2. The van der Waals surface area contributed by atoms with E-state index in [0.29, 0.717) is 35.5 Å². The Kier molecular flexibility index (Phi) is 9.82. The first-order valence-electron chi connectivity index (χ1n) is 13.7. The summed E-state index contributed by atoms with van der Waals surface area (Å²) in [6, 6.07) is 9.41. The van der Waals surface area contributed by atoms with Crippen LogP contribution in [0, 0.1) is 0 Å². The molecule has 0 saturated heterocycles. The van der Waals surface area contributed by atoms with Gasteiger partial charge in [0.05, 0.1) is 30.4 Å². The second-order valence-electron chi connectivity index (χ2n) is 11.2. The highest BCUT2D eigenvalue weighted by molar-refractivity contribution is 6.31. The molecule has 1 aromatic heterocycles. The Bertz CT molecular complexity index is 1530. The number of nitrogens with one attached hydrogen (secondary N) is 2. The standard InChI is InChI=1S/C32H33ClF3N3O4/c1-19(39-29(40)24-13-23(16-37-17-24)20-9-11-42-12-10-20)26-8-6-21(14-28(26)33)27-15-25(32(34,35)36)7-5-22(27)18-38-30(41)43-31(2,3)4/h5-9,13-17,19H,10-12,18H2,1-4H3,(H,38,41)(H,39,40)/t19-/m1/s1. The molecule has 0 saturated carbocycles. The molecule has 0 aliphatic carbocycles. The molecule has 0 fully saturated rings. The third kappa shape index (κ3) is 8.58. The molecule has 1 aliphatic rings. The summed E-state index contributed by atoms with van der Waals surface area (Å²) < 4.78 is 51.4. The fourth-order valence-corrected chi connectivity index (χ4v) is 4.93. The number of hydrogen-bond donors (Lipinski definition) is 2. The Labute approximate surface area is 253 Å². The second-order valence-corrected chi connectivity index (χ2v) is 11.6. The number of nitrogens with zero attached hydrogens (tertiary/aromatic N) is 1. The van der Waals surface area contributed by atoms with Crippen LogP contribution in [0.5, 0.6) is 0 Å². The van der Waals surface area contributed by atoms with Gasteiger partial charge in [-0.25, -0.2) is 4.79 Å². The zero-order valence-corrected chi connectivity index (χ0v) is 25.0. The molecule has 0 unspecified atom stereocenters. The number of ether oxygens (including phenoxy) is 2. The molecule has 1 aliphatic heterocycles. The predicted molar refractivity (Wildman–Crippen MR) is 158 cm³/mol. The minimum absolute atomic E-state index is 0.0642. The lowest BCUT2D eigenvalue weighted by atomic mass is 9.95. The summed E-state index contributed by atoms with van der Waals surface area (Å²) in [5.41, 5.74) is 2.42. The highest BCUT2D eigenvalue weighted by atomic mass is 35.5. The number of alkyl carbamates (subject to hydrolysis) is 1. The minimum atomic E-state index is -4.57. The van der Waals surface area contributed by atoms with Crippen LogP contribution < -0.4 is 10.6 Å². The van der Waals surface area contributed by atoms with E-state index < -0.39 is 29.5 Å². The molecule has 7 nitrogen and oxygen atoms in total. The van der Waals surface area contributed by atoms with Crippen LogP contribution in [-0.4, -0.2) is 35.8 Å². The number of pyridine rings is 1. The van der Waals surface area contributed by atoms with E-state index in [9.17, 15) is 22.8 Å². The van der Waals surface area contributed by atoms with E-state index in [1.807, 2.05) is 6.08 Å². The molecule has 2 amide bonds.